The van der Waals surface area contributed by atoms with E-state index in [-0.39, 0.29) is 12.5 Å². The minimum atomic E-state index is -1.57. The fourth-order valence-electron chi connectivity index (χ4n) is 3.14. The van der Waals surface area contributed by atoms with Crippen LogP contribution in [0.3, 0.4) is 0 Å². The van der Waals surface area contributed by atoms with Crippen LogP contribution in [0.1, 0.15) is 20.3 Å². The minimum absolute atomic E-state index is 0.129. The average molecular weight is 298 g/mol. The Morgan fingerprint density at radius 3 is 2.81 bits per heavy atom. The maximum atomic E-state index is 11.8. The van der Waals surface area contributed by atoms with Crippen molar-refractivity contribution >= 4 is 5.97 Å². The monoisotopic (exact) mass is 298 g/mol. The van der Waals surface area contributed by atoms with Gasteiger partial charge in [-0.15, -0.1) is 6.58 Å². The molecule has 0 aromatic carbocycles. The number of rotatable bonds is 4. The first-order valence-electron chi connectivity index (χ1n) is 6.98. The van der Waals surface area contributed by atoms with E-state index in [0.717, 1.165) is 0 Å². The molecule has 1 aliphatic heterocycles. The molecule has 2 unspecified atom stereocenters. The van der Waals surface area contributed by atoms with Crippen LogP contribution in [-0.4, -0.2) is 47.4 Å². The summed E-state index contributed by atoms with van der Waals surface area (Å²) in [6.07, 6.45) is 0.886. The molecule has 6 nitrogen and oxygen atoms in total. The fourth-order valence-corrected chi connectivity index (χ4v) is 3.14. The molecule has 1 saturated carbocycles. The van der Waals surface area contributed by atoms with Crippen LogP contribution in [0.15, 0.2) is 24.5 Å². The minimum Gasteiger partial charge on any atom is -0.472 e. The normalized spacial score (nSPS) is 38.5. The first kappa shape index (κ1) is 16.0. The molecule has 1 fully saturated rings. The van der Waals surface area contributed by atoms with E-state index in [1.54, 1.807) is 0 Å². The lowest BCUT2D eigenvalue weighted by atomic mass is 9.80. The van der Waals surface area contributed by atoms with Crippen molar-refractivity contribution in [2.24, 2.45) is 11.8 Å². The van der Waals surface area contributed by atoms with E-state index in [2.05, 4.69) is 6.58 Å². The van der Waals surface area contributed by atoms with Gasteiger partial charge in [0.1, 0.15) is 5.60 Å². The maximum Gasteiger partial charge on any atom is 0.337 e. The van der Waals surface area contributed by atoms with Crippen LogP contribution in [0.25, 0.3) is 0 Å². The summed E-state index contributed by atoms with van der Waals surface area (Å²) in [4.78, 5) is 11.8. The van der Waals surface area contributed by atoms with Crippen molar-refractivity contribution in [1.29, 1.82) is 0 Å². The zero-order valence-electron chi connectivity index (χ0n) is 12.5. The lowest BCUT2D eigenvalue weighted by Gasteiger charge is -2.39. The molecule has 0 aromatic heterocycles. The molecule has 0 bridgehead atoms. The number of esters is 1. The van der Waals surface area contributed by atoms with E-state index in [0.29, 0.717) is 5.57 Å². The largest absolute Gasteiger partial charge is 0.472 e. The number of hydrogen-bond donors (Lipinski definition) is 2. The smallest absolute Gasteiger partial charge is 0.337 e. The molecular formula is C15H22O6. The van der Waals surface area contributed by atoms with E-state index < -0.39 is 35.8 Å². The van der Waals surface area contributed by atoms with Gasteiger partial charge in [0, 0.05) is 5.92 Å². The molecular weight excluding hydrogens is 276 g/mol. The highest BCUT2D eigenvalue weighted by Gasteiger charge is 2.59. The summed E-state index contributed by atoms with van der Waals surface area (Å²) in [5.74, 6) is -1.56. The first-order chi connectivity index (χ1) is 9.85. The van der Waals surface area contributed by atoms with Crippen molar-refractivity contribution in [2.75, 3.05) is 7.11 Å². The van der Waals surface area contributed by atoms with Crippen molar-refractivity contribution in [2.45, 2.75) is 44.4 Å². The van der Waals surface area contributed by atoms with E-state index in [1.807, 2.05) is 13.8 Å². The Bertz CT molecular complexity index is 457. The maximum absolute atomic E-state index is 11.8. The van der Waals surface area contributed by atoms with Gasteiger partial charge in [-0.2, -0.15) is 0 Å². The van der Waals surface area contributed by atoms with Gasteiger partial charge in [0.25, 0.3) is 0 Å². The molecule has 2 N–H and O–H groups in total. The summed E-state index contributed by atoms with van der Waals surface area (Å²) in [5, 5.41) is 20.9. The van der Waals surface area contributed by atoms with Crippen LogP contribution < -0.4 is 0 Å². The lowest BCUT2D eigenvalue weighted by molar-refractivity contribution is -0.209. The average Bonchev–Trinajstić information content (AvgIpc) is 2.71. The van der Waals surface area contributed by atoms with Crippen LogP contribution in [0.5, 0.6) is 0 Å². The third-order valence-corrected chi connectivity index (χ3v) is 4.15. The number of methoxy groups -OCH3 is 1. The number of carbonyl (C=O) groups is 1. The second-order valence-electron chi connectivity index (χ2n) is 5.73. The van der Waals surface area contributed by atoms with Crippen LogP contribution in [0.2, 0.25) is 0 Å². The number of aliphatic hydroxyl groups is 2. The highest BCUT2D eigenvalue weighted by molar-refractivity contribution is 5.89. The van der Waals surface area contributed by atoms with Crippen molar-refractivity contribution in [3.63, 3.8) is 0 Å². The van der Waals surface area contributed by atoms with Gasteiger partial charge in [-0.05, 0) is 20.3 Å². The molecule has 5 atom stereocenters. The van der Waals surface area contributed by atoms with Crippen molar-refractivity contribution in [1.82, 2.24) is 0 Å². The summed E-state index contributed by atoms with van der Waals surface area (Å²) in [7, 11) is 1.28. The van der Waals surface area contributed by atoms with Gasteiger partial charge in [0.15, 0.2) is 0 Å². The van der Waals surface area contributed by atoms with Gasteiger partial charge in [-0.25, -0.2) is 4.79 Å². The standard InChI is InChI=1S/C15H22O6/c1-5-15(18)11(16)6-9-10(13(17)19-4)7-20-14(12(9)15)21-8(2)3/h5,7-9,11-12,14,16,18H,1,6H2,2-4H3/t9?,11-,12?,14-,15-/m0/s1. The van der Waals surface area contributed by atoms with Gasteiger partial charge in [0.05, 0.1) is 37.1 Å². The second kappa shape index (κ2) is 5.79. The molecule has 6 heteroatoms. The molecule has 0 spiro atoms. The van der Waals surface area contributed by atoms with Gasteiger partial charge >= 0.3 is 5.97 Å². The quantitative estimate of drug-likeness (QED) is 0.588. The summed E-state index contributed by atoms with van der Waals surface area (Å²) in [6, 6.07) is 0. The molecule has 0 amide bonds. The van der Waals surface area contributed by atoms with Crippen LogP contribution in [0, 0.1) is 11.8 Å². The van der Waals surface area contributed by atoms with E-state index in [9.17, 15) is 15.0 Å². The van der Waals surface area contributed by atoms with Crippen molar-refractivity contribution < 1.29 is 29.2 Å². The van der Waals surface area contributed by atoms with E-state index in [1.165, 1.54) is 19.4 Å². The topological polar surface area (TPSA) is 85.2 Å². The Morgan fingerprint density at radius 2 is 2.29 bits per heavy atom. The SMILES string of the molecule is C=C[C@@]1(O)C2C(C[C@@H]1O)C(C(=O)OC)=CO[C@H]2OC(C)C. The molecule has 118 valence electrons. The first-order valence-corrected chi connectivity index (χ1v) is 6.98. The zero-order valence-corrected chi connectivity index (χ0v) is 12.5. The Hall–Kier alpha value is -1.37. The summed E-state index contributed by atoms with van der Waals surface area (Å²) in [6.45, 7) is 7.29. The van der Waals surface area contributed by atoms with Crippen molar-refractivity contribution in [3.05, 3.63) is 24.5 Å². The molecule has 2 aliphatic rings. The van der Waals surface area contributed by atoms with E-state index in [4.69, 9.17) is 14.2 Å². The van der Waals surface area contributed by atoms with Gasteiger partial charge in [-0.3, -0.25) is 0 Å². The number of aliphatic hydroxyl groups excluding tert-OH is 1. The lowest BCUT2D eigenvalue weighted by Crippen LogP contribution is -2.50. The third-order valence-electron chi connectivity index (χ3n) is 4.15. The molecule has 0 saturated heterocycles. The summed E-state index contributed by atoms with van der Waals surface area (Å²) >= 11 is 0. The number of ether oxygens (including phenoxy) is 3. The Kier molecular flexibility index (Phi) is 4.41. The molecule has 2 rings (SSSR count). The Morgan fingerprint density at radius 1 is 1.62 bits per heavy atom. The predicted octanol–water partition coefficient (Wildman–Crippen LogP) is 0.739. The molecule has 21 heavy (non-hydrogen) atoms. The molecule has 1 heterocycles. The van der Waals surface area contributed by atoms with E-state index >= 15 is 0 Å². The third kappa shape index (κ3) is 2.59. The fraction of sp³-hybridized carbons (Fsp3) is 0.667. The predicted molar refractivity (Wildman–Crippen MR) is 73.9 cm³/mol. The summed E-state index contributed by atoms with van der Waals surface area (Å²) in [5.41, 5.74) is -1.28. The zero-order chi connectivity index (χ0) is 15.8. The Labute approximate surface area is 124 Å². The number of carbonyl (C=O) groups excluding carboxylic acids is 1. The Balaban J connectivity index is 2.40. The molecule has 0 radical (unpaired) electrons. The summed E-state index contributed by atoms with van der Waals surface area (Å²) < 4.78 is 15.9. The highest BCUT2D eigenvalue weighted by Crippen LogP contribution is 2.50. The van der Waals surface area contributed by atoms with Gasteiger partial charge < -0.3 is 24.4 Å². The van der Waals surface area contributed by atoms with Crippen LogP contribution in [0.4, 0.5) is 0 Å². The van der Waals surface area contributed by atoms with Gasteiger partial charge in [0.2, 0.25) is 6.29 Å². The van der Waals surface area contributed by atoms with Crippen molar-refractivity contribution in [3.8, 4) is 0 Å². The number of fused-ring (bicyclic) bond motifs is 1. The molecule has 0 aromatic rings. The van der Waals surface area contributed by atoms with Crippen LogP contribution >= 0.6 is 0 Å². The molecule has 1 aliphatic carbocycles. The van der Waals surface area contributed by atoms with Gasteiger partial charge in [-0.1, -0.05) is 6.08 Å². The van der Waals surface area contributed by atoms with Crippen LogP contribution in [-0.2, 0) is 19.0 Å². The highest BCUT2D eigenvalue weighted by atomic mass is 16.7. The number of hydrogen-bond acceptors (Lipinski definition) is 6. The second-order valence-corrected chi connectivity index (χ2v) is 5.73.